The molecule has 33 heavy (non-hydrogen) atoms. The van der Waals surface area contributed by atoms with Crippen molar-refractivity contribution in [1.82, 2.24) is 4.90 Å². The summed E-state index contributed by atoms with van der Waals surface area (Å²) >= 11 is 0. The molecule has 0 aliphatic rings. The summed E-state index contributed by atoms with van der Waals surface area (Å²) in [7, 11) is 6.65. The lowest BCUT2D eigenvalue weighted by molar-refractivity contribution is 0.0495. The van der Waals surface area contributed by atoms with E-state index in [0.717, 1.165) is 18.7 Å². The number of hydrogen-bond acceptors (Lipinski definition) is 3. The second kappa shape index (κ2) is 11.8. The van der Waals surface area contributed by atoms with Crippen LogP contribution in [0.4, 0.5) is 0 Å². The van der Waals surface area contributed by atoms with Gasteiger partial charge in [-0.3, -0.25) is 0 Å². The van der Waals surface area contributed by atoms with Gasteiger partial charge in [0.15, 0.2) is 6.79 Å². The standard InChI is InChI=1S/C29H46NO2P/c1-11-12-15-29(7,33-26-14-13-21(2)16-23(26)19-30(8)9)25-18-24(28(4,5)6)17-22(3)27(25)32-20-31-10/h13-14,16-18,33H,11-12,15,19-20H2,1-10H3. The van der Waals surface area contributed by atoms with Crippen LogP contribution in [0.5, 0.6) is 5.75 Å². The molecule has 2 rings (SSSR count). The van der Waals surface area contributed by atoms with Crippen molar-refractivity contribution < 1.29 is 9.47 Å². The summed E-state index contributed by atoms with van der Waals surface area (Å²) in [4.78, 5) is 2.27. The quantitative estimate of drug-likeness (QED) is 0.259. The van der Waals surface area contributed by atoms with Gasteiger partial charge in [-0.25, -0.2) is 0 Å². The topological polar surface area (TPSA) is 21.7 Å². The van der Waals surface area contributed by atoms with E-state index < -0.39 is 0 Å². The Balaban J connectivity index is 2.69. The van der Waals surface area contributed by atoms with Crippen LogP contribution in [0.2, 0.25) is 0 Å². The van der Waals surface area contributed by atoms with E-state index in [9.17, 15) is 0 Å². The number of methoxy groups -OCH3 is 1. The number of aryl methyl sites for hydroxylation is 2. The van der Waals surface area contributed by atoms with Crippen LogP contribution in [0.1, 0.15) is 81.7 Å². The number of ether oxygens (including phenoxy) is 2. The first-order valence-corrected chi connectivity index (χ1v) is 13.2. The average Bonchev–Trinajstić information content (AvgIpc) is 2.72. The van der Waals surface area contributed by atoms with Gasteiger partial charge in [-0.2, -0.15) is 0 Å². The Hall–Kier alpha value is -1.41. The van der Waals surface area contributed by atoms with Crippen molar-refractivity contribution in [2.45, 2.75) is 84.8 Å². The summed E-state index contributed by atoms with van der Waals surface area (Å²) in [5, 5.41) is 1.45. The van der Waals surface area contributed by atoms with Gasteiger partial charge in [-0.15, -0.1) is 0 Å². The third kappa shape index (κ3) is 7.54. The van der Waals surface area contributed by atoms with Crippen LogP contribution in [0, 0.1) is 13.8 Å². The summed E-state index contributed by atoms with van der Waals surface area (Å²) in [5.74, 6) is 0.997. The van der Waals surface area contributed by atoms with Crippen molar-refractivity contribution in [3.63, 3.8) is 0 Å². The van der Waals surface area contributed by atoms with Gasteiger partial charge in [0, 0.05) is 24.4 Å². The highest BCUT2D eigenvalue weighted by molar-refractivity contribution is 7.48. The zero-order chi connectivity index (χ0) is 24.8. The minimum Gasteiger partial charge on any atom is -0.467 e. The fourth-order valence-corrected chi connectivity index (χ4v) is 6.03. The van der Waals surface area contributed by atoms with E-state index in [-0.39, 0.29) is 17.4 Å². The largest absolute Gasteiger partial charge is 0.467 e. The van der Waals surface area contributed by atoms with E-state index in [1.165, 1.54) is 46.0 Å². The SMILES string of the molecule is CCCCC(C)(Pc1ccc(C)cc1CN(C)C)c1cc(C(C)(C)C)cc(C)c1OCOC. The lowest BCUT2D eigenvalue weighted by Crippen LogP contribution is -2.25. The van der Waals surface area contributed by atoms with Crippen LogP contribution in [0.25, 0.3) is 0 Å². The van der Waals surface area contributed by atoms with Gasteiger partial charge in [0.1, 0.15) is 5.75 Å². The summed E-state index contributed by atoms with van der Waals surface area (Å²) in [5.41, 5.74) is 6.72. The van der Waals surface area contributed by atoms with E-state index in [1.54, 1.807) is 7.11 Å². The fraction of sp³-hybridized carbons (Fsp3) is 0.586. The zero-order valence-electron chi connectivity index (χ0n) is 22.7. The van der Waals surface area contributed by atoms with Gasteiger partial charge in [0.25, 0.3) is 0 Å². The molecule has 0 heterocycles. The molecule has 2 atom stereocenters. The summed E-state index contributed by atoms with van der Waals surface area (Å²) < 4.78 is 11.6. The molecule has 0 bridgehead atoms. The van der Waals surface area contributed by atoms with Crippen LogP contribution >= 0.6 is 8.58 Å². The molecule has 0 spiro atoms. The number of unbranched alkanes of at least 4 members (excludes halogenated alkanes) is 1. The lowest BCUT2D eigenvalue weighted by Gasteiger charge is -2.35. The second-order valence-electron chi connectivity index (χ2n) is 10.9. The van der Waals surface area contributed by atoms with Gasteiger partial charge in [-0.05, 0) is 61.8 Å². The number of nitrogens with zero attached hydrogens (tertiary/aromatic N) is 1. The molecule has 0 fully saturated rings. The monoisotopic (exact) mass is 471 g/mol. The van der Waals surface area contributed by atoms with Gasteiger partial charge in [-0.1, -0.05) is 91.9 Å². The highest BCUT2D eigenvalue weighted by atomic mass is 31.1. The molecular weight excluding hydrogens is 425 g/mol. The highest BCUT2D eigenvalue weighted by Crippen LogP contribution is 2.50. The second-order valence-corrected chi connectivity index (χ2v) is 12.8. The van der Waals surface area contributed by atoms with Gasteiger partial charge in [0.05, 0.1) is 0 Å². The first-order valence-electron chi connectivity index (χ1n) is 12.2. The summed E-state index contributed by atoms with van der Waals surface area (Å²) in [6.45, 7) is 17.2. The van der Waals surface area contributed by atoms with Crippen molar-refractivity contribution >= 4 is 13.9 Å². The fourth-order valence-electron chi connectivity index (χ4n) is 4.33. The first-order chi connectivity index (χ1) is 15.4. The van der Waals surface area contributed by atoms with Crippen molar-refractivity contribution in [3.8, 4) is 5.75 Å². The number of hydrogen-bond donors (Lipinski definition) is 0. The molecule has 2 unspecified atom stereocenters. The molecule has 0 aliphatic carbocycles. The molecule has 0 aliphatic heterocycles. The molecular formula is C29H46NO2P. The molecule has 0 radical (unpaired) electrons. The number of rotatable bonds is 11. The van der Waals surface area contributed by atoms with Gasteiger partial charge >= 0.3 is 0 Å². The molecule has 0 aromatic heterocycles. The average molecular weight is 472 g/mol. The maximum absolute atomic E-state index is 6.24. The van der Waals surface area contributed by atoms with Crippen LogP contribution in [-0.4, -0.2) is 32.9 Å². The van der Waals surface area contributed by atoms with Gasteiger partial charge in [0.2, 0.25) is 0 Å². The van der Waals surface area contributed by atoms with Crippen molar-refractivity contribution in [2.24, 2.45) is 0 Å². The lowest BCUT2D eigenvalue weighted by atomic mass is 9.82. The van der Waals surface area contributed by atoms with Crippen molar-refractivity contribution in [2.75, 3.05) is 28.0 Å². The van der Waals surface area contributed by atoms with Crippen molar-refractivity contribution in [3.05, 3.63) is 58.1 Å². The third-order valence-corrected chi connectivity index (χ3v) is 8.07. The normalized spacial score (nSPS) is 14.3. The minimum absolute atomic E-state index is 0.0125. The molecule has 3 nitrogen and oxygen atoms in total. The van der Waals surface area contributed by atoms with E-state index in [0.29, 0.717) is 8.58 Å². The van der Waals surface area contributed by atoms with Crippen LogP contribution in [0.3, 0.4) is 0 Å². The Kier molecular flexibility index (Phi) is 9.97. The molecule has 2 aromatic rings. The maximum Gasteiger partial charge on any atom is 0.188 e. The summed E-state index contributed by atoms with van der Waals surface area (Å²) in [6, 6.07) is 11.7. The minimum atomic E-state index is -0.0125. The van der Waals surface area contributed by atoms with Crippen LogP contribution in [0.15, 0.2) is 30.3 Å². The molecule has 0 saturated heterocycles. The predicted molar refractivity (Wildman–Crippen MR) is 146 cm³/mol. The maximum atomic E-state index is 6.24. The third-order valence-electron chi connectivity index (χ3n) is 6.24. The Morgan fingerprint density at radius 2 is 1.70 bits per heavy atom. The van der Waals surface area contributed by atoms with E-state index in [2.05, 4.69) is 97.8 Å². The molecule has 4 heteroatoms. The molecule has 2 aromatic carbocycles. The first kappa shape index (κ1) is 27.8. The summed E-state index contributed by atoms with van der Waals surface area (Å²) in [6.07, 6.45) is 3.51. The molecule has 0 N–H and O–H groups in total. The Morgan fingerprint density at radius 3 is 2.27 bits per heavy atom. The molecule has 0 saturated carbocycles. The van der Waals surface area contributed by atoms with Crippen molar-refractivity contribution in [1.29, 1.82) is 0 Å². The smallest absolute Gasteiger partial charge is 0.188 e. The van der Waals surface area contributed by atoms with Crippen LogP contribution < -0.4 is 10.0 Å². The Labute approximate surface area is 205 Å². The predicted octanol–water partition coefficient (Wildman–Crippen LogP) is 7.05. The van der Waals surface area contributed by atoms with Crippen LogP contribution in [-0.2, 0) is 21.9 Å². The van der Waals surface area contributed by atoms with E-state index >= 15 is 0 Å². The van der Waals surface area contributed by atoms with E-state index in [1.807, 2.05) is 0 Å². The van der Waals surface area contributed by atoms with Gasteiger partial charge < -0.3 is 14.4 Å². The number of benzene rings is 2. The Morgan fingerprint density at radius 1 is 1.00 bits per heavy atom. The highest BCUT2D eigenvalue weighted by Gasteiger charge is 2.33. The van der Waals surface area contributed by atoms with E-state index in [4.69, 9.17) is 9.47 Å². The molecule has 184 valence electrons. The zero-order valence-corrected chi connectivity index (χ0v) is 23.7. The Bertz CT molecular complexity index is 917. The molecule has 0 amide bonds.